The maximum absolute atomic E-state index is 12.5. The van der Waals surface area contributed by atoms with Gasteiger partial charge in [-0.05, 0) is 63.1 Å². The SMILES string of the molecule is CCC(Oc1ccccc1C)C(=O)Nc1ccc(S(=O)(=O)NC(C)C)cc1. The number of hydrogen-bond donors (Lipinski definition) is 2. The van der Waals surface area contributed by atoms with Crippen molar-refractivity contribution in [2.75, 3.05) is 5.32 Å². The van der Waals surface area contributed by atoms with Gasteiger partial charge in [-0.2, -0.15) is 0 Å². The minimum Gasteiger partial charge on any atom is -0.480 e. The van der Waals surface area contributed by atoms with Gasteiger partial charge in [-0.25, -0.2) is 13.1 Å². The molecule has 0 fully saturated rings. The number of carbonyl (C=O) groups excluding carboxylic acids is 1. The van der Waals surface area contributed by atoms with Gasteiger partial charge in [0.2, 0.25) is 10.0 Å². The van der Waals surface area contributed by atoms with Gasteiger partial charge in [-0.3, -0.25) is 4.79 Å². The smallest absolute Gasteiger partial charge is 0.265 e. The van der Waals surface area contributed by atoms with Crippen molar-refractivity contribution in [2.24, 2.45) is 0 Å². The Morgan fingerprint density at radius 2 is 1.70 bits per heavy atom. The lowest BCUT2D eigenvalue weighted by molar-refractivity contribution is -0.122. The Labute approximate surface area is 161 Å². The minimum absolute atomic E-state index is 0.150. The molecule has 2 aromatic carbocycles. The second kappa shape index (κ2) is 9.01. The Kier molecular flexibility index (Phi) is 6.98. The fourth-order valence-electron chi connectivity index (χ4n) is 2.48. The zero-order valence-corrected chi connectivity index (χ0v) is 16.8. The van der Waals surface area contributed by atoms with Gasteiger partial charge in [0, 0.05) is 11.7 Å². The molecule has 2 N–H and O–H groups in total. The highest BCUT2D eigenvalue weighted by Gasteiger charge is 2.20. The summed E-state index contributed by atoms with van der Waals surface area (Å²) in [6, 6.07) is 13.4. The van der Waals surface area contributed by atoms with Crippen LogP contribution in [0, 0.1) is 6.92 Å². The first-order valence-electron chi connectivity index (χ1n) is 8.88. The molecule has 0 spiro atoms. The zero-order chi connectivity index (χ0) is 20.0. The largest absolute Gasteiger partial charge is 0.480 e. The van der Waals surface area contributed by atoms with Crippen molar-refractivity contribution in [3.05, 3.63) is 54.1 Å². The third-order valence-electron chi connectivity index (χ3n) is 3.85. The highest BCUT2D eigenvalue weighted by molar-refractivity contribution is 7.89. The van der Waals surface area contributed by atoms with Crippen LogP contribution in [-0.4, -0.2) is 26.5 Å². The van der Waals surface area contributed by atoms with Gasteiger partial charge in [0.05, 0.1) is 4.90 Å². The summed E-state index contributed by atoms with van der Waals surface area (Å²) >= 11 is 0. The maximum atomic E-state index is 12.5. The Balaban J connectivity index is 2.07. The highest BCUT2D eigenvalue weighted by atomic mass is 32.2. The van der Waals surface area contributed by atoms with E-state index in [2.05, 4.69) is 10.0 Å². The number of carbonyl (C=O) groups is 1. The normalized spacial score (nSPS) is 12.6. The van der Waals surface area contributed by atoms with E-state index in [4.69, 9.17) is 4.74 Å². The Morgan fingerprint density at radius 3 is 2.26 bits per heavy atom. The van der Waals surface area contributed by atoms with Crippen LogP contribution in [0.15, 0.2) is 53.4 Å². The number of sulfonamides is 1. The number of benzene rings is 2. The molecule has 0 aliphatic carbocycles. The molecule has 0 bridgehead atoms. The number of nitrogens with one attached hydrogen (secondary N) is 2. The summed E-state index contributed by atoms with van der Waals surface area (Å²) in [6.45, 7) is 7.30. The van der Waals surface area contributed by atoms with Crippen molar-refractivity contribution in [3.63, 3.8) is 0 Å². The van der Waals surface area contributed by atoms with E-state index >= 15 is 0 Å². The maximum Gasteiger partial charge on any atom is 0.265 e. The highest BCUT2D eigenvalue weighted by Crippen LogP contribution is 2.20. The third-order valence-corrected chi connectivity index (χ3v) is 5.52. The number of aryl methyl sites for hydroxylation is 1. The van der Waals surface area contributed by atoms with E-state index in [0.717, 1.165) is 5.56 Å². The van der Waals surface area contributed by atoms with Gasteiger partial charge in [-0.15, -0.1) is 0 Å². The van der Waals surface area contributed by atoms with E-state index in [1.807, 2.05) is 38.1 Å². The third kappa shape index (κ3) is 5.80. The van der Waals surface area contributed by atoms with Crippen LogP contribution in [0.4, 0.5) is 5.69 Å². The van der Waals surface area contributed by atoms with E-state index in [-0.39, 0.29) is 16.8 Å². The molecule has 1 atom stereocenters. The lowest BCUT2D eigenvalue weighted by Gasteiger charge is -2.18. The zero-order valence-electron chi connectivity index (χ0n) is 16.0. The lowest BCUT2D eigenvalue weighted by Crippen LogP contribution is -2.32. The molecule has 0 aromatic heterocycles. The summed E-state index contributed by atoms with van der Waals surface area (Å²) in [5.74, 6) is 0.386. The monoisotopic (exact) mass is 390 g/mol. The van der Waals surface area contributed by atoms with Gasteiger partial charge in [0.15, 0.2) is 6.10 Å². The summed E-state index contributed by atoms with van der Waals surface area (Å²) in [4.78, 5) is 12.7. The molecule has 0 saturated carbocycles. The van der Waals surface area contributed by atoms with Crippen LogP contribution in [0.1, 0.15) is 32.8 Å². The van der Waals surface area contributed by atoms with Crippen molar-refractivity contribution in [1.82, 2.24) is 4.72 Å². The van der Waals surface area contributed by atoms with Gasteiger partial charge in [0.1, 0.15) is 5.75 Å². The van der Waals surface area contributed by atoms with Gasteiger partial charge >= 0.3 is 0 Å². The molecular weight excluding hydrogens is 364 g/mol. The molecule has 146 valence electrons. The van der Waals surface area contributed by atoms with Crippen LogP contribution in [-0.2, 0) is 14.8 Å². The molecule has 0 aliphatic rings. The molecule has 6 nitrogen and oxygen atoms in total. The average Bonchev–Trinajstić information content (AvgIpc) is 2.60. The first-order valence-corrected chi connectivity index (χ1v) is 10.4. The fourth-order valence-corrected chi connectivity index (χ4v) is 3.73. The summed E-state index contributed by atoms with van der Waals surface area (Å²) in [6.07, 6.45) is -0.137. The molecule has 1 unspecified atom stereocenters. The summed E-state index contributed by atoms with van der Waals surface area (Å²) in [5.41, 5.74) is 1.46. The van der Waals surface area contributed by atoms with Gasteiger partial charge in [-0.1, -0.05) is 25.1 Å². The summed E-state index contributed by atoms with van der Waals surface area (Å²) in [7, 11) is -3.56. The predicted molar refractivity (Wildman–Crippen MR) is 106 cm³/mol. The van der Waals surface area contributed by atoms with Gasteiger partial charge < -0.3 is 10.1 Å². The van der Waals surface area contributed by atoms with Crippen LogP contribution < -0.4 is 14.8 Å². The molecule has 7 heteroatoms. The Bertz CT molecular complexity index is 877. The van der Waals surface area contributed by atoms with E-state index in [1.54, 1.807) is 26.0 Å². The van der Waals surface area contributed by atoms with E-state index in [9.17, 15) is 13.2 Å². The molecule has 1 amide bonds. The molecular formula is C20H26N2O4S. The lowest BCUT2D eigenvalue weighted by atomic mass is 10.2. The fraction of sp³-hybridized carbons (Fsp3) is 0.350. The molecule has 0 aliphatic heterocycles. The second-order valence-corrected chi connectivity index (χ2v) is 8.28. The summed E-state index contributed by atoms with van der Waals surface area (Å²) in [5, 5.41) is 2.77. The predicted octanol–water partition coefficient (Wildman–Crippen LogP) is 3.48. The minimum atomic E-state index is -3.56. The van der Waals surface area contributed by atoms with Crippen molar-refractivity contribution in [3.8, 4) is 5.75 Å². The second-order valence-electron chi connectivity index (χ2n) is 6.57. The molecule has 2 aromatic rings. The van der Waals surface area contributed by atoms with E-state index < -0.39 is 16.1 Å². The average molecular weight is 391 g/mol. The first-order chi connectivity index (χ1) is 12.7. The van der Waals surface area contributed by atoms with Crippen LogP contribution in [0.5, 0.6) is 5.75 Å². The van der Waals surface area contributed by atoms with Crippen molar-refractivity contribution >= 4 is 21.6 Å². The van der Waals surface area contributed by atoms with Crippen molar-refractivity contribution in [2.45, 2.75) is 51.2 Å². The number of rotatable bonds is 8. The number of para-hydroxylation sites is 1. The van der Waals surface area contributed by atoms with Gasteiger partial charge in [0.25, 0.3) is 5.91 Å². The quantitative estimate of drug-likeness (QED) is 0.723. The van der Waals surface area contributed by atoms with Crippen molar-refractivity contribution < 1.29 is 17.9 Å². The number of anilines is 1. The molecule has 0 heterocycles. The standard InChI is InChI=1S/C20H26N2O4S/c1-5-18(26-19-9-7-6-8-15(19)4)20(23)21-16-10-12-17(13-11-16)27(24,25)22-14(2)3/h6-14,18,22H,5H2,1-4H3,(H,21,23). The van der Waals surface area contributed by atoms with Crippen molar-refractivity contribution in [1.29, 1.82) is 0 Å². The Morgan fingerprint density at radius 1 is 1.07 bits per heavy atom. The van der Waals surface area contributed by atoms with Crippen LogP contribution in [0.2, 0.25) is 0 Å². The number of ether oxygens (including phenoxy) is 1. The topological polar surface area (TPSA) is 84.5 Å². The number of amides is 1. The van der Waals surface area contributed by atoms with Crippen LogP contribution in [0.25, 0.3) is 0 Å². The Hall–Kier alpha value is -2.38. The molecule has 2 rings (SSSR count). The summed E-state index contributed by atoms with van der Waals surface area (Å²) < 4.78 is 32.6. The van der Waals surface area contributed by atoms with E-state index in [1.165, 1.54) is 12.1 Å². The van der Waals surface area contributed by atoms with Crippen LogP contribution in [0.3, 0.4) is 0 Å². The first kappa shape index (κ1) is 20.9. The van der Waals surface area contributed by atoms with Crippen LogP contribution >= 0.6 is 0 Å². The number of hydrogen-bond acceptors (Lipinski definition) is 4. The molecule has 0 radical (unpaired) electrons. The van der Waals surface area contributed by atoms with E-state index in [0.29, 0.717) is 17.9 Å². The molecule has 0 saturated heterocycles. The molecule has 27 heavy (non-hydrogen) atoms.